The van der Waals surface area contributed by atoms with Crippen molar-refractivity contribution in [2.75, 3.05) is 31.1 Å². The van der Waals surface area contributed by atoms with Crippen LogP contribution in [0.15, 0.2) is 48.7 Å². The van der Waals surface area contributed by atoms with Gasteiger partial charge in [0.05, 0.1) is 10.0 Å². The average molecular weight is 362 g/mol. The molecule has 0 aliphatic carbocycles. The molecule has 0 unspecified atom stereocenters. The molecule has 4 nitrogen and oxygen atoms in total. The number of benzene rings is 1. The fourth-order valence-corrected chi connectivity index (χ4v) is 2.89. The number of carbonyl (C=O) groups excluding carboxylic acids is 1. The summed E-state index contributed by atoms with van der Waals surface area (Å²) in [4.78, 5) is 20.7. The van der Waals surface area contributed by atoms with Crippen LogP contribution >= 0.6 is 23.2 Å². The van der Waals surface area contributed by atoms with Crippen molar-refractivity contribution in [3.8, 4) is 0 Å². The fourth-order valence-electron chi connectivity index (χ4n) is 2.59. The first-order valence-electron chi connectivity index (χ1n) is 7.71. The minimum atomic E-state index is 0.00161. The molecule has 6 heteroatoms. The van der Waals surface area contributed by atoms with Crippen molar-refractivity contribution in [1.29, 1.82) is 0 Å². The van der Waals surface area contributed by atoms with Crippen LogP contribution in [0.25, 0.3) is 6.08 Å². The molecule has 2 heterocycles. The molecular weight excluding hydrogens is 345 g/mol. The SMILES string of the molecule is O=C(C=Cc1ccc(Cl)c(Cl)c1)N1CCN(c2ccccn2)CC1. The van der Waals surface area contributed by atoms with Crippen LogP contribution < -0.4 is 4.90 Å². The lowest BCUT2D eigenvalue weighted by Crippen LogP contribution is -2.48. The molecule has 124 valence electrons. The highest BCUT2D eigenvalue weighted by molar-refractivity contribution is 6.42. The number of carbonyl (C=O) groups is 1. The van der Waals surface area contributed by atoms with Gasteiger partial charge in [-0.2, -0.15) is 0 Å². The Hall–Kier alpha value is -2.04. The second kappa shape index (κ2) is 7.69. The third kappa shape index (κ3) is 4.08. The van der Waals surface area contributed by atoms with E-state index in [1.807, 2.05) is 29.2 Å². The van der Waals surface area contributed by atoms with Crippen LogP contribution in [0.4, 0.5) is 5.82 Å². The van der Waals surface area contributed by atoms with Gasteiger partial charge in [0.1, 0.15) is 5.82 Å². The van der Waals surface area contributed by atoms with Gasteiger partial charge < -0.3 is 9.80 Å². The van der Waals surface area contributed by atoms with Crippen molar-refractivity contribution in [3.63, 3.8) is 0 Å². The number of hydrogen-bond acceptors (Lipinski definition) is 3. The maximum Gasteiger partial charge on any atom is 0.246 e. The molecule has 1 saturated heterocycles. The topological polar surface area (TPSA) is 36.4 Å². The predicted octanol–water partition coefficient (Wildman–Crippen LogP) is 3.75. The van der Waals surface area contributed by atoms with E-state index < -0.39 is 0 Å². The lowest BCUT2D eigenvalue weighted by atomic mass is 10.2. The lowest BCUT2D eigenvalue weighted by molar-refractivity contribution is -0.126. The molecule has 2 aromatic rings. The smallest absolute Gasteiger partial charge is 0.246 e. The molecule has 0 radical (unpaired) electrons. The summed E-state index contributed by atoms with van der Waals surface area (Å²) in [6.45, 7) is 2.93. The van der Waals surface area contributed by atoms with Crippen LogP contribution in [-0.2, 0) is 4.79 Å². The second-order valence-electron chi connectivity index (χ2n) is 5.51. The summed E-state index contributed by atoms with van der Waals surface area (Å²) >= 11 is 11.9. The summed E-state index contributed by atoms with van der Waals surface area (Å²) in [5.74, 6) is 0.956. The Morgan fingerprint density at radius 1 is 1.04 bits per heavy atom. The second-order valence-corrected chi connectivity index (χ2v) is 6.32. The van der Waals surface area contributed by atoms with Crippen LogP contribution in [0.1, 0.15) is 5.56 Å². The van der Waals surface area contributed by atoms with Gasteiger partial charge in [-0.15, -0.1) is 0 Å². The van der Waals surface area contributed by atoms with Crippen LogP contribution in [0.5, 0.6) is 0 Å². The first kappa shape index (κ1) is 16.8. The zero-order valence-corrected chi connectivity index (χ0v) is 14.5. The molecule has 0 atom stereocenters. The molecule has 1 fully saturated rings. The molecule has 3 rings (SSSR count). The van der Waals surface area contributed by atoms with Crippen LogP contribution in [-0.4, -0.2) is 42.0 Å². The molecule has 0 spiro atoms. The molecular formula is C18H17Cl2N3O. The van der Waals surface area contributed by atoms with Crippen LogP contribution in [0, 0.1) is 0 Å². The van der Waals surface area contributed by atoms with Gasteiger partial charge in [-0.3, -0.25) is 4.79 Å². The van der Waals surface area contributed by atoms with Crippen molar-refractivity contribution in [1.82, 2.24) is 9.88 Å². The summed E-state index contributed by atoms with van der Waals surface area (Å²) in [6.07, 6.45) is 5.12. The Bertz CT molecular complexity index is 741. The Morgan fingerprint density at radius 3 is 2.50 bits per heavy atom. The molecule has 24 heavy (non-hydrogen) atoms. The highest BCUT2D eigenvalue weighted by Crippen LogP contribution is 2.23. The van der Waals surface area contributed by atoms with E-state index in [-0.39, 0.29) is 5.91 Å². The van der Waals surface area contributed by atoms with Crippen LogP contribution in [0.3, 0.4) is 0 Å². The molecule has 1 aromatic heterocycles. The third-order valence-electron chi connectivity index (χ3n) is 3.93. The van der Waals surface area contributed by atoms with Gasteiger partial charge in [0, 0.05) is 38.5 Å². The van der Waals surface area contributed by atoms with E-state index in [2.05, 4.69) is 9.88 Å². The molecule has 0 bridgehead atoms. The summed E-state index contributed by atoms with van der Waals surface area (Å²) in [7, 11) is 0. The van der Waals surface area contributed by atoms with Gasteiger partial charge in [-0.05, 0) is 35.9 Å². The number of rotatable bonds is 3. The van der Waals surface area contributed by atoms with E-state index in [1.54, 1.807) is 30.5 Å². The zero-order chi connectivity index (χ0) is 16.9. The van der Waals surface area contributed by atoms with Gasteiger partial charge in [-0.25, -0.2) is 4.98 Å². The standard InChI is InChI=1S/C18H17Cl2N3O/c19-15-6-4-14(13-16(15)20)5-7-18(24)23-11-9-22(10-12-23)17-3-1-2-8-21-17/h1-8,13H,9-12H2. The van der Waals surface area contributed by atoms with Crippen molar-refractivity contribution in [2.24, 2.45) is 0 Å². The van der Waals surface area contributed by atoms with Gasteiger partial charge in [0.2, 0.25) is 5.91 Å². The van der Waals surface area contributed by atoms with Crippen molar-refractivity contribution in [3.05, 3.63) is 64.3 Å². The van der Waals surface area contributed by atoms with Gasteiger partial charge in [-0.1, -0.05) is 35.3 Å². The van der Waals surface area contributed by atoms with E-state index in [1.165, 1.54) is 0 Å². The molecule has 0 N–H and O–H groups in total. The Morgan fingerprint density at radius 2 is 1.83 bits per heavy atom. The minimum absolute atomic E-state index is 0.00161. The molecule has 1 aliphatic heterocycles. The van der Waals surface area contributed by atoms with Crippen molar-refractivity contribution < 1.29 is 4.79 Å². The number of aromatic nitrogens is 1. The van der Waals surface area contributed by atoms with E-state index in [9.17, 15) is 4.79 Å². The number of hydrogen-bond donors (Lipinski definition) is 0. The largest absolute Gasteiger partial charge is 0.353 e. The summed E-state index contributed by atoms with van der Waals surface area (Å²) in [5, 5.41) is 0.987. The number of piperazine rings is 1. The van der Waals surface area contributed by atoms with Crippen molar-refractivity contribution >= 4 is 41.0 Å². The molecule has 0 saturated carbocycles. The first-order chi connectivity index (χ1) is 11.6. The summed E-state index contributed by atoms with van der Waals surface area (Å²) in [6, 6.07) is 11.2. The fraction of sp³-hybridized carbons (Fsp3) is 0.222. The molecule has 1 aromatic carbocycles. The zero-order valence-electron chi connectivity index (χ0n) is 13.0. The third-order valence-corrected chi connectivity index (χ3v) is 4.67. The number of nitrogens with zero attached hydrogens (tertiary/aromatic N) is 3. The average Bonchev–Trinajstić information content (AvgIpc) is 2.63. The van der Waals surface area contributed by atoms with Gasteiger partial charge >= 0.3 is 0 Å². The molecule has 1 amide bonds. The Labute approximate surface area is 151 Å². The maximum atomic E-state index is 12.3. The van der Waals surface area contributed by atoms with E-state index >= 15 is 0 Å². The van der Waals surface area contributed by atoms with Gasteiger partial charge in [0.15, 0.2) is 0 Å². The lowest BCUT2D eigenvalue weighted by Gasteiger charge is -2.34. The summed E-state index contributed by atoms with van der Waals surface area (Å²) < 4.78 is 0. The quantitative estimate of drug-likeness (QED) is 0.781. The first-order valence-corrected chi connectivity index (χ1v) is 8.47. The maximum absolute atomic E-state index is 12.3. The van der Waals surface area contributed by atoms with Crippen LogP contribution in [0.2, 0.25) is 10.0 Å². The monoisotopic (exact) mass is 361 g/mol. The van der Waals surface area contributed by atoms with E-state index in [0.29, 0.717) is 23.1 Å². The minimum Gasteiger partial charge on any atom is -0.353 e. The number of anilines is 1. The Balaban J connectivity index is 1.57. The summed E-state index contributed by atoms with van der Waals surface area (Å²) in [5.41, 5.74) is 0.852. The number of halogens is 2. The predicted molar refractivity (Wildman–Crippen MR) is 98.5 cm³/mol. The van der Waals surface area contributed by atoms with Crippen molar-refractivity contribution in [2.45, 2.75) is 0 Å². The highest BCUT2D eigenvalue weighted by atomic mass is 35.5. The normalized spacial score (nSPS) is 15.1. The number of amides is 1. The molecule has 1 aliphatic rings. The van der Waals surface area contributed by atoms with E-state index in [4.69, 9.17) is 23.2 Å². The highest BCUT2D eigenvalue weighted by Gasteiger charge is 2.20. The Kier molecular flexibility index (Phi) is 5.38. The number of pyridine rings is 1. The van der Waals surface area contributed by atoms with Gasteiger partial charge in [0.25, 0.3) is 0 Å². The van der Waals surface area contributed by atoms with E-state index in [0.717, 1.165) is 24.5 Å².